The van der Waals surface area contributed by atoms with E-state index in [0.717, 1.165) is 48.6 Å². The number of rotatable bonds is 16. The molecule has 5 rings (SSSR count). The maximum absolute atomic E-state index is 14.0. The molecule has 0 spiro atoms. The van der Waals surface area contributed by atoms with E-state index in [1.165, 1.54) is 5.56 Å². The zero-order chi connectivity index (χ0) is 33.4. The second-order valence-electron chi connectivity index (χ2n) is 11.9. The lowest BCUT2D eigenvalue weighted by Gasteiger charge is -2.17. The Hall–Kier alpha value is -4.47. The molecule has 0 N–H and O–H groups in total. The molecule has 0 amide bonds. The Bertz CT molecular complexity index is 1870. The van der Waals surface area contributed by atoms with Crippen LogP contribution in [-0.4, -0.2) is 58.7 Å². The van der Waals surface area contributed by atoms with Crippen LogP contribution < -0.4 is 18.9 Å². The van der Waals surface area contributed by atoms with Crippen molar-refractivity contribution in [1.29, 1.82) is 0 Å². The third kappa shape index (κ3) is 8.28. The van der Waals surface area contributed by atoms with Crippen LogP contribution in [0.25, 0.3) is 5.52 Å². The van der Waals surface area contributed by atoms with E-state index < -0.39 is 9.84 Å². The van der Waals surface area contributed by atoms with E-state index in [1.807, 2.05) is 85.2 Å². The summed E-state index contributed by atoms with van der Waals surface area (Å²) in [5.41, 5.74) is 3.64. The van der Waals surface area contributed by atoms with Gasteiger partial charge in [-0.05, 0) is 91.0 Å². The van der Waals surface area contributed by atoms with Crippen molar-refractivity contribution in [2.75, 3.05) is 41.0 Å². The Kier molecular flexibility index (Phi) is 11.1. The van der Waals surface area contributed by atoms with Crippen molar-refractivity contribution in [3.63, 3.8) is 0 Å². The van der Waals surface area contributed by atoms with Gasteiger partial charge in [0.05, 0.1) is 37.4 Å². The topological polar surface area (TPSA) is 78.7 Å². The Morgan fingerprint density at radius 3 is 2.19 bits per heavy atom. The van der Waals surface area contributed by atoms with Crippen molar-refractivity contribution in [2.45, 2.75) is 49.0 Å². The summed E-state index contributed by atoms with van der Waals surface area (Å²) in [5.74, 6) is 2.78. The highest BCUT2D eigenvalue weighted by atomic mass is 32.2. The van der Waals surface area contributed by atoms with Crippen molar-refractivity contribution < 1.29 is 27.4 Å². The molecule has 0 aliphatic rings. The molecule has 3 aromatic carbocycles. The third-order valence-corrected chi connectivity index (χ3v) is 10.1. The van der Waals surface area contributed by atoms with Crippen LogP contribution in [0, 0.1) is 0 Å². The number of methoxy groups -OCH3 is 2. The summed E-state index contributed by atoms with van der Waals surface area (Å²) >= 11 is 0. The summed E-state index contributed by atoms with van der Waals surface area (Å²) in [7, 11) is 1.58. The van der Waals surface area contributed by atoms with E-state index in [2.05, 4.69) is 18.0 Å². The maximum atomic E-state index is 14.0. The fourth-order valence-electron chi connectivity index (χ4n) is 5.51. The molecular weight excluding hydrogens is 612 g/mol. The van der Waals surface area contributed by atoms with E-state index in [0.29, 0.717) is 35.1 Å². The smallest absolute Gasteiger partial charge is 0.209 e. The van der Waals surface area contributed by atoms with Gasteiger partial charge in [0.1, 0.15) is 23.0 Å². The van der Waals surface area contributed by atoms with Crippen LogP contribution in [0.3, 0.4) is 0 Å². The molecule has 0 bridgehead atoms. The van der Waals surface area contributed by atoms with E-state index in [1.54, 1.807) is 38.5 Å². The molecule has 0 aliphatic carbocycles. The molecule has 47 heavy (non-hydrogen) atoms. The van der Waals surface area contributed by atoms with Crippen molar-refractivity contribution in [1.82, 2.24) is 9.30 Å². The number of hydrogen-bond donors (Lipinski definition) is 0. The second kappa shape index (κ2) is 15.4. The SMILES string of the molecule is COc1ccc(CCN(C)CCCOc2ccc(S(=O)(=O)c3c(C(C)C)cn4cc(OCc5ccccc5)ccc34)cc2)cc1OC. The monoisotopic (exact) mass is 656 g/mol. The molecule has 248 valence electrons. The molecule has 0 saturated carbocycles. The molecule has 0 unspecified atom stereocenters. The number of sulfone groups is 1. The molecule has 0 fully saturated rings. The number of ether oxygens (including phenoxy) is 4. The fraction of sp³-hybridized carbons (Fsp3) is 0.316. The van der Waals surface area contributed by atoms with Gasteiger partial charge in [0, 0.05) is 19.3 Å². The molecule has 0 radical (unpaired) electrons. The zero-order valence-electron chi connectivity index (χ0n) is 27.8. The van der Waals surface area contributed by atoms with Crippen LogP contribution in [0.5, 0.6) is 23.0 Å². The van der Waals surface area contributed by atoms with Gasteiger partial charge >= 0.3 is 0 Å². The molecule has 2 aromatic heterocycles. The first-order chi connectivity index (χ1) is 22.7. The number of benzene rings is 3. The van der Waals surface area contributed by atoms with E-state index >= 15 is 0 Å². The number of nitrogens with zero attached hydrogens (tertiary/aromatic N) is 2. The minimum Gasteiger partial charge on any atom is -0.494 e. The fourth-order valence-corrected chi connectivity index (χ4v) is 7.29. The molecule has 5 aromatic rings. The lowest BCUT2D eigenvalue weighted by Crippen LogP contribution is -2.23. The Morgan fingerprint density at radius 1 is 0.766 bits per heavy atom. The second-order valence-corrected chi connectivity index (χ2v) is 13.8. The van der Waals surface area contributed by atoms with E-state index in [4.69, 9.17) is 18.9 Å². The predicted molar refractivity (Wildman–Crippen MR) is 185 cm³/mol. The minimum absolute atomic E-state index is 0.00753. The van der Waals surface area contributed by atoms with Crippen LogP contribution in [0.1, 0.15) is 42.9 Å². The zero-order valence-corrected chi connectivity index (χ0v) is 28.6. The standard InChI is InChI=1S/C38H44N2O6S/c1-28(2)34-26-40-25-32(46-27-30-10-7-6-8-11-30)15-18-35(40)38(34)47(41,42)33-16-13-31(14-17-33)45-23-9-21-39(3)22-20-29-12-19-36(43-4)37(24-29)44-5/h6-8,10-19,24-26,28H,9,20-23,27H2,1-5H3. The molecule has 0 saturated heterocycles. The third-order valence-electron chi connectivity index (χ3n) is 8.18. The summed E-state index contributed by atoms with van der Waals surface area (Å²) in [5, 5.41) is 0. The van der Waals surface area contributed by atoms with Crippen LogP contribution in [0.2, 0.25) is 0 Å². The summed E-state index contributed by atoms with van der Waals surface area (Å²) in [6, 6.07) is 26.3. The largest absolute Gasteiger partial charge is 0.494 e. The van der Waals surface area contributed by atoms with Gasteiger partial charge in [-0.1, -0.05) is 50.2 Å². The van der Waals surface area contributed by atoms with Gasteiger partial charge in [-0.25, -0.2) is 8.42 Å². The predicted octanol–water partition coefficient (Wildman–Crippen LogP) is 7.44. The Balaban J connectivity index is 1.18. The average Bonchev–Trinajstić information content (AvgIpc) is 3.49. The molecule has 8 nitrogen and oxygen atoms in total. The highest BCUT2D eigenvalue weighted by Gasteiger charge is 2.27. The van der Waals surface area contributed by atoms with Crippen molar-refractivity contribution in [3.05, 3.63) is 114 Å². The lowest BCUT2D eigenvalue weighted by atomic mass is 10.1. The summed E-state index contributed by atoms with van der Waals surface area (Å²) < 4.78 is 52.6. The highest BCUT2D eigenvalue weighted by molar-refractivity contribution is 7.91. The van der Waals surface area contributed by atoms with Gasteiger partial charge in [0.2, 0.25) is 9.84 Å². The Morgan fingerprint density at radius 2 is 1.49 bits per heavy atom. The van der Waals surface area contributed by atoms with Crippen LogP contribution >= 0.6 is 0 Å². The van der Waals surface area contributed by atoms with Gasteiger partial charge < -0.3 is 28.2 Å². The van der Waals surface area contributed by atoms with Gasteiger partial charge in [-0.2, -0.15) is 0 Å². The average molecular weight is 657 g/mol. The number of hydrogen-bond acceptors (Lipinski definition) is 7. The molecule has 0 aliphatic heterocycles. The van der Waals surface area contributed by atoms with Gasteiger partial charge in [0.15, 0.2) is 11.5 Å². The highest BCUT2D eigenvalue weighted by Crippen LogP contribution is 2.35. The van der Waals surface area contributed by atoms with Crippen LogP contribution in [-0.2, 0) is 22.9 Å². The minimum atomic E-state index is -3.80. The van der Waals surface area contributed by atoms with Gasteiger partial charge in [0.25, 0.3) is 0 Å². The quantitative estimate of drug-likeness (QED) is 0.102. The van der Waals surface area contributed by atoms with Crippen molar-refractivity contribution in [3.8, 4) is 23.0 Å². The first-order valence-corrected chi connectivity index (χ1v) is 17.4. The number of pyridine rings is 1. The molecule has 0 atom stereocenters. The molecular formula is C38H44N2O6S. The maximum Gasteiger partial charge on any atom is 0.209 e. The summed E-state index contributed by atoms with van der Waals surface area (Å²) in [6.07, 6.45) is 5.47. The van der Waals surface area contributed by atoms with Crippen molar-refractivity contribution >= 4 is 15.4 Å². The van der Waals surface area contributed by atoms with Gasteiger partial charge in [-0.15, -0.1) is 0 Å². The summed E-state index contributed by atoms with van der Waals surface area (Å²) in [4.78, 5) is 2.83. The number of aromatic nitrogens is 1. The lowest BCUT2D eigenvalue weighted by molar-refractivity contribution is 0.264. The first-order valence-electron chi connectivity index (χ1n) is 15.9. The Labute approximate surface area is 278 Å². The van der Waals surface area contributed by atoms with E-state index in [-0.39, 0.29) is 10.8 Å². The first kappa shape index (κ1) is 33.9. The normalized spacial score (nSPS) is 11.7. The number of likely N-dealkylation sites (N-methyl/N-ethyl adjacent to an activating group) is 1. The van der Waals surface area contributed by atoms with E-state index in [9.17, 15) is 8.42 Å². The molecule has 2 heterocycles. The number of fused-ring (bicyclic) bond motifs is 1. The van der Waals surface area contributed by atoms with Crippen molar-refractivity contribution in [2.24, 2.45) is 0 Å². The van der Waals surface area contributed by atoms with Crippen LogP contribution in [0.15, 0.2) is 107 Å². The van der Waals surface area contributed by atoms with Gasteiger partial charge in [-0.3, -0.25) is 0 Å². The van der Waals surface area contributed by atoms with Crippen LogP contribution in [0.4, 0.5) is 0 Å². The molecule has 9 heteroatoms. The summed E-state index contributed by atoms with van der Waals surface area (Å²) in [6.45, 7) is 6.75.